The number of hydrogen-bond acceptors (Lipinski definition) is 5. The monoisotopic (exact) mass is 198 g/mol. The van der Waals surface area contributed by atoms with Gasteiger partial charge in [-0.05, 0) is 0 Å². The Balaban J connectivity index is 2.63. The summed E-state index contributed by atoms with van der Waals surface area (Å²) < 4.78 is 17.2. The minimum atomic E-state index is -1.90. The maximum Gasteiger partial charge on any atom is 0.226 e. The minimum Gasteiger partial charge on any atom is -0.394 e. The Hall–Kier alpha value is 0.120. The first-order valence-corrected chi connectivity index (χ1v) is 4.04. The van der Waals surface area contributed by atoms with E-state index in [1.807, 2.05) is 0 Å². The normalized spacial score (nSPS) is 49.2. The van der Waals surface area contributed by atoms with Crippen LogP contribution in [0.3, 0.4) is 0 Å². The fourth-order valence-corrected chi connectivity index (χ4v) is 1.38. The van der Waals surface area contributed by atoms with Gasteiger partial charge < -0.3 is 20.1 Å². The van der Waals surface area contributed by atoms with Crippen molar-refractivity contribution in [1.29, 1.82) is 0 Å². The molecule has 4 nitrogen and oxygen atoms in total. The van der Waals surface area contributed by atoms with Crippen molar-refractivity contribution < 1.29 is 24.4 Å². The molecule has 6 heteroatoms. The van der Waals surface area contributed by atoms with Crippen LogP contribution in [0.4, 0.5) is 4.39 Å². The second-order valence-corrected chi connectivity index (χ2v) is 3.28. The van der Waals surface area contributed by atoms with Crippen molar-refractivity contribution in [2.45, 2.75) is 29.9 Å². The van der Waals surface area contributed by atoms with Gasteiger partial charge in [-0.3, -0.25) is 0 Å². The molecule has 1 unspecified atom stereocenters. The summed E-state index contributed by atoms with van der Waals surface area (Å²) in [6.45, 7) is -0.495. The zero-order valence-electron chi connectivity index (χ0n) is 6.17. The summed E-state index contributed by atoms with van der Waals surface area (Å²) in [5.74, 6) is 0. The summed E-state index contributed by atoms with van der Waals surface area (Å²) in [5, 5.41) is 25.9. The van der Waals surface area contributed by atoms with Crippen molar-refractivity contribution in [3.63, 3.8) is 0 Å². The number of aliphatic hydroxyl groups is 3. The van der Waals surface area contributed by atoms with E-state index in [2.05, 4.69) is 17.4 Å². The van der Waals surface area contributed by atoms with Crippen LogP contribution in [0.25, 0.3) is 0 Å². The van der Waals surface area contributed by atoms with E-state index < -0.39 is 36.5 Å². The number of ether oxygens (including phenoxy) is 1. The summed E-state index contributed by atoms with van der Waals surface area (Å²) >= 11 is 3.79. The van der Waals surface area contributed by atoms with Gasteiger partial charge in [0.1, 0.15) is 12.2 Å². The van der Waals surface area contributed by atoms with Crippen LogP contribution >= 0.6 is 12.6 Å². The van der Waals surface area contributed by atoms with Crippen molar-refractivity contribution in [3.8, 4) is 0 Å². The second kappa shape index (κ2) is 3.89. The SMILES string of the molecule is OC[C@H]1OC(F)[C@H](O)[C@@H](S)[C@@H]1O. The Morgan fingerprint density at radius 3 is 2.42 bits per heavy atom. The van der Waals surface area contributed by atoms with Crippen LogP contribution in [0.1, 0.15) is 0 Å². The fraction of sp³-hybridized carbons (Fsp3) is 1.00. The number of aliphatic hydroxyl groups excluding tert-OH is 3. The molecule has 1 fully saturated rings. The lowest BCUT2D eigenvalue weighted by molar-refractivity contribution is -0.217. The van der Waals surface area contributed by atoms with Crippen LogP contribution in [0, 0.1) is 0 Å². The van der Waals surface area contributed by atoms with E-state index in [9.17, 15) is 9.50 Å². The van der Waals surface area contributed by atoms with E-state index in [0.717, 1.165) is 0 Å². The Labute approximate surface area is 74.4 Å². The highest BCUT2D eigenvalue weighted by atomic mass is 32.1. The summed E-state index contributed by atoms with van der Waals surface area (Å²) in [6.07, 6.45) is -5.51. The largest absolute Gasteiger partial charge is 0.394 e. The van der Waals surface area contributed by atoms with Gasteiger partial charge in [-0.25, -0.2) is 4.39 Å². The molecule has 1 heterocycles. The second-order valence-electron chi connectivity index (χ2n) is 2.68. The smallest absolute Gasteiger partial charge is 0.226 e. The highest BCUT2D eigenvalue weighted by molar-refractivity contribution is 7.81. The molecule has 0 aromatic carbocycles. The molecule has 3 N–H and O–H groups in total. The molecule has 0 bridgehead atoms. The molecule has 0 amide bonds. The zero-order valence-corrected chi connectivity index (χ0v) is 7.06. The fourth-order valence-electron chi connectivity index (χ4n) is 1.06. The van der Waals surface area contributed by atoms with E-state index in [0.29, 0.717) is 0 Å². The van der Waals surface area contributed by atoms with Crippen LogP contribution in [0.15, 0.2) is 0 Å². The van der Waals surface area contributed by atoms with Crippen molar-refractivity contribution in [3.05, 3.63) is 0 Å². The van der Waals surface area contributed by atoms with Gasteiger partial charge in [0.25, 0.3) is 0 Å². The molecule has 0 aliphatic carbocycles. The quantitative estimate of drug-likeness (QED) is 0.395. The molecule has 72 valence electrons. The molecular weight excluding hydrogens is 187 g/mol. The van der Waals surface area contributed by atoms with Crippen LogP contribution in [-0.2, 0) is 4.74 Å². The number of halogens is 1. The maximum atomic E-state index is 12.7. The topological polar surface area (TPSA) is 69.9 Å². The average Bonchev–Trinajstić information content (AvgIpc) is 2.08. The van der Waals surface area contributed by atoms with Gasteiger partial charge in [0, 0.05) is 0 Å². The van der Waals surface area contributed by atoms with E-state index in [1.54, 1.807) is 0 Å². The lowest BCUT2D eigenvalue weighted by Crippen LogP contribution is -2.55. The summed E-state index contributed by atoms with van der Waals surface area (Å²) in [4.78, 5) is 0. The number of thiol groups is 1. The molecule has 1 rings (SSSR count). The van der Waals surface area contributed by atoms with Gasteiger partial charge >= 0.3 is 0 Å². The van der Waals surface area contributed by atoms with Gasteiger partial charge in [0.15, 0.2) is 0 Å². The highest BCUT2D eigenvalue weighted by Crippen LogP contribution is 2.25. The Kier molecular flexibility index (Phi) is 3.30. The first kappa shape index (κ1) is 10.2. The molecule has 1 saturated heterocycles. The van der Waals surface area contributed by atoms with Gasteiger partial charge in [-0.15, -0.1) is 0 Å². The van der Waals surface area contributed by atoms with Crippen molar-refractivity contribution in [2.24, 2.45) is 0 Å². The lowest BCUT2D eigenvalue weighted by Gasteiger charge is -2.36. The molecule has 0 spiro atoms. The van der Waals surface area contributed by atoms with Crippen molar-refractivity contribution in [2.75, 3.05) is 6.61 Å². The third-order valence-electron chi connectivity index (χ3n) is 1.83. The third kappa shape index (κ3) is 1.72. The molecule has 1 aliphatic heterocycles. The molecule has 1 aliphatic rings. The van der Waals surface area contributed by atoms with Crippen molar-refractivity contribution in [1.82, 2.24) is 0 Å². The minimum absolute atomic E-state index is 0.495. The predicted octanol–water partition coefficient (Wildman–Crippen LogP) is -1.31. The number of alkyl halides is 1. The summed E-state index contributed by atoms with van der Waals surface area (Å²) in [7, 11) is 0. The molecular formula is C6H11FO4S. The van der Waals surface area contributed by atoms with Crippen LogP contribution in [0.5, 0.6) is 0 Å². The highest BCUT2D eigenvalue weighted by Gasteiger charge is 2.42. The van der Waals surface area contributed by atoms with Gasteiger partial charge in [-0.1, -0.05) is 0 Å². The lowest BCUT2D eigenvalue weighted by atomic mass is 10.0. The first-order valence-electron chi connectivity index (χ1n) is 3.52. The molecule has 12 heavy (non-hydrogen) atoms. The van der Waals surface area contributed by atoms with E-state index in [-0.39, 0.29) is 0 Å². The van der Waals surface area contributed by atoms with E-state index in [4.69, 9.17) is 10.2 Å². The maximum absolute atomic E-state index is 12.7. The Morgan fingerprint density at radius 1 is 1.33 bits per heavy atom. The average molecular weight is 198 g/mol. The number of hydrogen-bond donors (Lipinski definition) is 4. The van der Waals surface area contributed by atoms with Gasteiger partial charge in [-0.2, -0.15) is 12.6 Å². The predicted molar refractivity (Wildman–Crippen MR) is 41.6 cm³/mol. The molecule has 0 saturated carbocycles. The van der Waals surface area contributed by atoms with Crippen LogP contribution < -0.4 is 0 Å². The Morgan fingerprint density at radius 2 is 1.92 bits per heavy atom. The van der Waals surface area contributed by atoms with Gasteiger partial charge in [0.2, 0.25) is 6.36 Å². The zero-order chi connectivity index (χ0) is 9.30. The molecule has 0 aromatic rings. The molecule has 0 aromatic heterocycles. The molecule has 5 atom stereocenters. The van der Waals surface area contributed by atoms with Crippen LogP contribution in [0.2, 0.25) is 0 Å². The van der Waals surface area contributed by atoms with E-state index >= 15 is 0 Å². The first-order chi connectivity index (χ1) is 5.57. The Bertz CT molecular complexity index is 154. The van der Waals surface area contributed by atoms with Crippen molar-refractivity contribution >= 4 is 12.6 Å². The van der Waals surface area contributed by atoms with Gasteiger partial charge in [0.05, 0.1) is 18.0 Å². The standard InChI is InChI=1S/C6H11FO4S/c7-6-4(10)5(12)3(9)2(1-8)11-6/h2-6,8-10,12H,1H2/t2-,3-,4-,5+,6?/m1/s1. The van der Waals surface area contributed by atoms with E-state index in [1.165, 1.54) is 0 Å². The number of rotatable bonds is 1. The molecule has 0 radical (unpaired) electrons. The summed E-state index contributed by atoms with van der Waals surface area (Å²) in [5.41, 5.74) is 0. The third-order valence-corrected chi connectivity index (χ3v) is 2.44. The van der Waals surface area contributed by atoms with Crippen LogP contribution in [-0.4, -0.2) is 51.8 Å². The summed E-state index contributed by atoms with van der Waals surface area (Å²) in [6, 6.07) is 0.